The Bertz CT molecular complexity index is 967. The largest absolute Gasteiger partial charge is 0.342 e. The number of rotatable bonds is 5. The number of likely N-dealkylation sites (tertiary alicyclic amines) is 1. The van der Waals surface area contributed by atoms with Crippen LogP contribution >= 0.6 is 0 Å². The van der Waals surface area contributed by atoms with E-state index >= 15 is 0 Å². The Balaban J connectivity index is 1.26. The summed E-state index contributed by atoms with van der Waals surface area (Å²) in [4.78, 5) is 48.5. The van der Waals surface area contributed by atoms with Crippen molar-refractivity contribution in [2.75, 3.05) is 51.1 Å². The van der Waals surface area contributed by atoms with Gasteiger partial charge >= 0.3 is 5.69 Å². The van der Waals surface area contributed by atoms with Gasteiger partial charge in [0.2, 0.25) is 11.8 Å². The summed E-state index contributed by atoms with van der Waals surface area (Å²) in [6, 6.07) is 5.03. The van der Waals surface area contributed by atoms with Crippen molar-refractivity contribution >= 4 is 28.5 Å². The van der Waals surface area contributed by atoms with Gasteiger partial charge in [0.1, 0.15) is 0 Å². The summed E-state index contributed by atoms with van der Waals surface area (Å²) in [7, 11) is 0. The van der Waals surface area contributed by atoms with Crippen LogP contribution in [0.3, 0.4) is 0 Å². The third-order valence-electron chi connectivity index (χ3n) is 6.44. The lowest BCUT2D eigenvalue weighted by Crippen LogP contribution is -2.54. The molecule has 3 heterocycles. The van der Waals surface area contributed by atoms with Crippen LogP contribution in [0.4, 0.5) is 5.69 Å². The van der Waals surface area contributed by atoms with E-state index in [1.165, 1.54) is 12.8 Å². The summed E-state index contributed by atoms with van der Waals surface area (Å²) < 4.78 is 0. The fourth-order valence-electron chi connectivity index (χ4n) is 4.44. The number of amides is 2. The molecular weight excluding hydrogens is 396 g/mol. The zero-order valence-corrected chi connectivity index (χ0v) is 18.2. The average molecular weight is 429 g/mol. The topological polar surface area (TPSA) is 105 Å². The number of carbonyl (C=O) groups excluding carboxylic acids is 2. The molecule has 168 valence electrons. The fraction of sp³-hybridized carbons (Fsp3) is 0.591. The molecule has 2 aliphatic heterocycles. The maximum atomic E-state index is 12.7. The lowest BCUT2D eigenvalue weighted by Gasteiger charge is -2.37. The number of piperazine rings is 1. The second kappa shape index (κ2) is 9.65. The molecule has 1 aromatic heterocycles. The molecule has 9 heteroatoms. The first-order valence-electron chi connectivity index (χ1n) is 11.3. The molecule has 2 aromatic rings. The number of hydrogen-bond acceptors (Lipinski definition) is 5. The number of aromatic nitrogens is 2. The van der Waals surface area contributed by atoms with Gasteiger partial charge in [0, 0.05) is 45.0 Å². The van der Waals surface area contributed by atoms with Gasteiger partial charge in [-0.2, -0.15) is 0 Å². The molecule has 31 heavy (non-hydrogen) atoms. The number of benzene rings is 1. The van der Waals surface area contributed by atoms with Crippen molar-refractivity contribution in [1.82, 2.24) is 24.7 Å². The third kappa shape index (κ3) is 5.34. The zero-order valence-electron chi connectivity index (χ0n) is 18.2. The van der Waals surface area contributed by atoms with Gasteiger partial charge in [-0.25, -0.2) is 4.79 Å². The molecule has 2 aliphatic rings. The van der Waals surface area contributed by atoms with Crippen molar-refractivity contribution < 1.29 is 9.59 Å². The van der Waals surface area contributed by atoms with E-state index in [0.29, 0.717) is 23.3 Å². The molecule has 0 bridgehead atoms. The molecule has 1 unspecified atom stereocenters. The highest BCUT2D eigenvalue weighted by molar-refractivity contribution is 5.96. The summed E-state index contributed by atoms with van der Waals surface area (Å²) in [6.07, 6.45) is 4.66. The fourth-order valence-corrected chi connectivity index (χ4v) is 4.44. The van der Waals surface area contributed by atoms with Gasteiger partial charge in [0.05, 0.1) is 23.6 Å². The molecule has 1 atom stereocenters. The van der Waals surface area contributed by atoms with Gasteiger partial charge in [-0.15, -0.1) is 0 Å². The van der Waals surface area contributed by atoms with Crippen LogP contribution in [0.1, 0.15) is 32.6 Å². The summed E-state index contributed by atoms with van der Waals surface area (Å²) in [5, 5.41) is 2.94. The van der Waals surface area contributed by atoms with Crippen LogP contribution in [0.25, 0.3) is 11.0 Å². The van der Waals surface area contributed by atoms with Crippen LogP contribution in [-0.4, -0.2) is 88.3 Å². The zero-order chi connectivity index (χ0) is 21.8. The van der Waals surface area contributed by atoms with Crippen LogP contribution in [0.15, 0.2) is 23.0 Å². The molecule has 3 N–H and O–H groups in total. The van der Waals surface area contributed by atoms with Crippen molar-refractivity contribution in [3.63, 3.8) is 0 Å². The first-order valence-corrected chi connectivity index (χ1v) is 11.3. The highest BCUT2D eigenvalue weighted by atomic mass is 16.2. The lowest BCUT2D eigenvalue weighted by atomic mass is 10.2. The maximum Gasteiger partial charge on any atom is 0.323 e. The number of imidazole rings is 1. The number of hydrogen-bond donors (Lipinski definition) is 3. The van der Waals surface area contributed by atoms with Gasteiger partial charge in [-0.1, -0.05) is 12.8 Å². The van der Waals surface area contributed by atoms with E-state index in [0.717, 1.165) is 52.1 Å². The van der Waals surface area contributed by atoms with Crippen molar-refractivity contribution in [2.24, 2.45) is 0 Å². The summed E-state index contributed by atoms with van der Waals surface area (Å²) in [6.45, 7) is 7.24. The van der Waals surface area contributed by atoms with Crippen molar-refractivity contribution in [1.29, 1.82) is 0 Å². The molecule has 1 aromatic carbocycles. The van der Waals surface area contributed by atoms with Crippen molar-refractivity contribution in [3.8, 4) is 0 Å². The average Bonchev–Trinajstić information content (AvgIpc) is 2.95. The molecule has 2 saturated heterocycles. The minimum Gasteiger partial charge on any atom is -0.342 e. The predicted octanol–water partition coefficient (Wildman–Crippen LogP) is 1.20. The highest BCUT2D eigenvalue weighted by Gasteiger charge is 2.27. The number of H-pyrrole nitrogens is 2. The van der Waals surface area contributed by atoms with Gasteiger partial charge in [0.25, 0.3) is 0 Å². The second-order valence-electron chi connectivity index (χ2n) is 8.61. The predicted molar refractivity (Wildman–Crippen MR) is 120 cm³/mol. The number of fused-ring (bicyclic) bond motifs is 1. The van der Waals surface area contributed by atoms with Gasteiger partial charge in [-0.3, -0.25) is 19.4 Å². The minimum atomic E-state index is -0.274. The van der Waals surface area contributed by atoms with Gasteiger partial charge < -0.3 is 20.2 Å². The van der Waals surface area contributed by atoms with Crippen LogP contribution in [0, 0.1) is 0 Å². The summed E-state index contributed by atoms with van der Waals surface area (Å²) in [5.41, 5.74) is 1.76. The molecule has 2 amide bonds. The number of anilines is 1. The van der Waals surface area contributed by atoms with Crippen LogP contribution in [-0.2, 0) is 9.59 Å². The number of carbonyl (C=O) groups is 2. The van der Waals surface area contributed by atoms with E-state index in [9.17, 15) is 14.4 Å². The Labute approximate surface area is 181 Å². The first-order chi connectivity index (χ1) is 15.0. The van der Waals surface area contributed by atoms with Gasteiger partial charge in [-0.05, 0) is 38.0 Å². The SMILES string of the molecule is CC(C(=O)Nc1ccc2[nH]c(=O)[nH]c2c1)N1CCN(CC(=O)N2CCCCCC2)CC1. The smallest absolute Gasteiger partial charge is 0.323 e. The Morgan fingerprint density at radius 1 is 0.968 bits per heavy atom. The Hall–Kier alpha value is -2.65. The van der Waals surface area contributed by atoms with E-state index in [1.54, 1.807) is 18.2 Å². The molecule has 0 spiro atoms. The van der Waals surface area contributed by atoms with E-state index < -0.39 is 0 Å². The van der Waals surface area contributed by atoms with Crippen molar-refractivity contribution in [3.05, 3.63) is 28.7 Å². The second-order valence-corrected chi connectivity index (χ2v) is 8.61. The summed E-state index contributed by atoms with van der Waals surface area (Å²) >= 11 is 0. The molecule has 4 rings (SSSR count). The van der Waals surface area contributed by atoms with Crippen molar-refractivity contribution in [2.45, 2.75) is 38.6 Å². The van der Waals surface area contributed by atoms with E-state index in [-0.39, 0.29) is 23.5 Å². The molecule has 2 fully saturated rings. The quantitative estimate of drug-likeness (QED) is 0.664. The molecule has 0 saturated carbocycles. The van der Waals surface area contributed by atoms with Crippen LogP contribution in [0.2, 0.25) is 0 Å². The van der Waals surface area contributed by atoms with Gasteiger partial charge in [0.15, 0.2) is 0 Å². The van der Waals surface area contributed by atoms with Crippen LogP contribution < -0.4 is 11.0 Å². The highest BCUT2D eigenvalue weighted by Crippen LogP contribution is 2.16. The Morgan fingerprint density at radius 3 is 2.35 bits per heavy atom. The molecular formula is C22H32N6O3. The normalized spacial score (nSPS) is 19.8. The Morgan fingerprint density at radius 2 is 1.65 bits per heavy atom. The first kappa shape index (κ1) is 21.6. The number of aromatic amines is 2. The van der Waals surface area contributed by atoms with Crippen LogP contribution in [0.5, 0.6) is 0 Å². The molecule has 0 radical (unpaired) electrons. The van der Waals surface area contributed by atoms with E-state index in [2.05, 4.69) is 25.1 Å². The Kier molecular flexibility index (Phi) is 6.72. The summed E-state index contributed by atoms with van der Waals surface area (Å²) in [5.74, 6) is 0.158. The maximum absolute atomic E-state index is 12.7. The third-order valence-corrected chi connectivity index (χ3v) is 6.44. The van der Waals surface area contributed by atoms with E-state index in [4.69, 9.17) is 0 Å². The molecule has 9 nitrogen and oxygen atoms in total. The minimum absolute atomic E-state index is 0.0775. The lowest BCUT2D eigenvalue weighted by molar-refractivity contribution is -0.133. The monoisotopic (exact) mass is 428 g/mol. The van der Waals surface area contributed by atoms with E-state index in [1.807, 2.05) is 11.8 Å². The standard InChI is InChI=1S/C22H32N6O3/c1-16(21(30)23-17-6-7-18-19(14-17)25-22(31)24-18)27-12-10-26(11-13-27)15-20(29)28-8-4-2-3-5-9-28/h6-7,14,16H,2-5,8-13,15H2,1H3,(H,23,30)(H2,24,25,31). The number of nitrogens with zero attached hydrogens (tertiary/aromatic N) is 3. The number of nitrogens with one attached hydrogen (secondary N) is 3. The molecule has 0 aliphatic carbocycles.